The van der Waals surface area contributed by atoms with Crippen LogP contribution in [0.15, 0.2) is 46.9 Å². The molecule has 0 amide bonds. The van der Waals surface area contributed by atoms with Gasteiger partial charge in [0.15, 0.2) is 5.58 Å². The van der Waals surface area contributed by atoms with Crippen LogP contribution >= 0.6 is 11.6 Å². The zero-order valence-electron chi connectivity index (χ0n) is 12.5. The summed E-state index contributed by atoms with van der Waals surface area (Å²) in [5.74, 6) is 0.395. The standard InChI is InChI=1S/C18H16ClFN2O/c19-14-4-3-5-15(20)13(14)10-22(12-8-9-12)11-18-21-16-6-1-2-7-17(16)23-18/h1-7,12H,8-11H2. The second kappa shape index (κ2) is 5.95. The van der Waals surface area contributed by atoms with Crippen LogP contribution in [0.4, 0.5) is 4.39 Å². The topological polar surface area (TPSA) is 29.3 Å². The molecule has 1 aromatic heterocycles. The molecule has 0 spiro atoms. The quantitative estimate of drug-likeness (QED) is 0.674. The van der Waals surface area contributed by atoms with Crippen molar-refractivity contribution in [2.45, 2.75) is 32.0 Å². The number of hydrogen-bond acceptors (Lipinski definition) is 3. The van der Waals surface area contributed by atoms with Crippen molar-refractivity contribution in [3.8, 4) is 0 Å². The lowest BCUT2D eigenvalue weighted by Gasteiger charge is -2.21. The summed E-state index contributed by atoms with van der Waals surface area (Å²) < 4.78 is 19.8. The molecule has 118 valence electrons. The monoisotopic (exact) mass is 330 g/mol. The van der Waals surface area contributed by atoms with Crippen molar-refractivity contribution in [3.05, 3.63) is 64.8 Å². The number of oxazole rings is 1. The molecule has 0 N–H and O–H groups in total. The van der Waals surface area contributed by atoms with Crippen LogP contribution in [0.1, 0.15) is 24.3 Å². The summed E-state index contributed by atoms with van der Waals surface area (Å²) in [7, 11) is 0. The van der Waals surface area contributed by atoms with Gasteiger partial charge in [-0.15, -0.1) is 0 Å². The van der Waals surface area contributed by atoms with E-state index in [2.05, 4.69) is 9.88 Å². The molecule has 4 rings (SSSR count). The lowest BCUT2D eigenvalue weighted by atomic mass is 10.2. The Kier molecular flexibility index (Phi) is 3.79. The molecule has 1 saturated carbocycles. The van der Waals surface area contributed by atoms with Crippen molar-refractivity contribution in [2.24, 2.45) is 0 Å². The summed E-state index contributed by atoms with van der Waals surface area (Å²) in [6.45, 7) is 1.03. The van der Waals surface area contributed by atoms with E-state index in [-0.39, 0.29) is 5.82 Å². The summed E-state index contributed by atoms with van der Waals surface area (Å²) in [4.78, 5) is 6.70. The molecular formula is C18H16ClFN2O. The van der Waals surface area contributed by atoms with Crippen molar-refractivity contribution >= 4 is 22.7 Å². The van der Waals surface area contributed by atoms with E-state index in [0.29, 0.717) is 35.6 Å². The van der Waals surface area contributed by atoms with Crippen molar-refractivity contribution in [3.63, 3.8) is 0 Å². The van der Waals surface area contributed by atoms with Gasteiger partial charge in [-0.05, 0) is 37.1 Å². The highest BCUT2D eigenvalue weighted by Crippen LogP contribution is 2.32. The highest BCUT2D eigenvalue weighted by molar-refractivity contribution is 6.31. The Balaban J connectivity index is 1.58. The Morgan fingerprint density at radius 1 is 1.13 bits per heavy atom. The van der Waals surface area contributed by atoms with Crippen LogP contribution in [0.3, 0.4) is 0 Å². The predicted molar refractivity (Wildman–Crippen MR) is 87.7 cm³/mol. The maximum absolute atomic E-state index is 14.1. The first-order valence-corrected chi connectivity index (χ1v) is 8.10. The Bertz CT molecular complexity index is 791. The van der Waals surface area contributed by atoms with Crippen molar-refractivity contribution < 1.29 is 8.81 Å². The fourth-order valence-electron chi connectivity index (χ4n) is 2.80. The fourth-order valence-corrected chi connectivity index (χ4v) is 3.02. The third kappa shape index (κ3) is 3.09. The first kappa shape index (κ1) is 14.7. The van der Waals surface area contributed by atoms with E-state index in [1.807, 2.05) is 24.3 Å². The number of halogens is 2. The Hall–Kier alpha value is -1.91. The fraction of sp³-hybridized carbons (Fsp3) is 0.278. The molecule has 0 bridgehead atoms. The predicted octanol–water partition coefficient (Wildman–Crippen LogP) is 4.78. The first-order valence-electron chi connectivity index (χ1n) is 7.72. The van der Waals surface area contributed by atoms with Gasteiger partial charge in [0.2, 0.25) is 5.89 Å². The number of para-hydroxylation sites is 2. The number of aromatic nitrogens is 1. The van der Waals surface area contributed by atoms with Gasteiger partial charge in [0.05, 0.1) is 6.54 Å². The zero-order valence-corrected chi connectivity index (χ0v) is 13.3. The molecule has 5 heteroatoms. The van der Waals surface area contributed by atoms with Gasteiger partial charge in [0.1, 0.15) is 11.3 Å². The third-order valence-electron chi connectivity index (χ3n) is 4.16. The molecular weight excluding hydrogens is 315 g/mol. The van der Waals surface area contributed by atoms with Crippen LogP contribution in [0.25, 0.3) is 11.1 Å². The molecule has 1 aliphatic carbocycles. The van der Waals surface area contributed by atoms with Crippen LogP contribution < -0.4 is 0 Å². The Morgan fingerprint density at radius 3 is 2.70 bits per heavy atom. The van der Waals surface area contributed by atoms with Gasteiger partial charge in [-0.2, -0.15) is 0 Å². The van der Waals surface area contributed by atoms with Gasteiger partial charge in [-0.3, -0.25) is 4.90 Å². The minimum absolute atomic E-state index is 0.263. The van der Waals surface area contributed by atoms with Gasteiger partial charge >= 0.3 is 0 Å². The molecule has 0 aliphatic heterocycles. The van der Waals surface area contributed by atoms with Crippen molar-refractivity contribution in [1.82, 2.24) is 9.88 Å². The molecule has 3 nitrogen and oxygen atoms in total. The van der Waals surface area contributed by atoms with E-state index in [9.17, 15) is 4.39 Å². The van der Waals surface area contributed by atoms with E-state index in [0.717, 1.165) is 23.9 Å². The minimum atomic E-state index is -0.263. The zero-order chi connectivity index (χ0) is 15.8. The summed E-state index contributed by atoms with van der Waals surface area (Å²) in [6, 6.07) is 12.9. The van der Waals surface area contributed by atoms with Gasteiger partial charge in [0, 0.05) is 23.2 Å². The SMILES string of the molecule is Fc1cccc(Cl)c1CN(Cc1nc2ccccc2o1)C1CC1. The number of rotatable bonds is 5. The normalized spacial score (nSPS) is 14.7. The molecule has 0 saturated heterocycles. The summed E-state index contributed by atoms with van der Waals surface area (Å²) >= 11 is 6.16. The van der Waals surface area contributed by atoms with Crippen LogP contribution in [0, 0.1) is 5.82 Å². The molecule has 23 heavy (non-hydrogen) atoms. The summed E-state index contributed by atoms with van der Waals surface area (Å²) in [5.41, 5.74) is 2.17. The van der Waals surface area contributed by atoms with E-state index >= 15 is 0 Å². The first-order chi connectivity index (χ1) is 11.2. The van der Waals surface area contributed by atoms with Gasteiger partial charge in [0.25, 0.3) is 0 Å². The smallest absolute Gasteiger partial charge is 0.209 e. The highest BCUT2D eigenvalue weighted by atomic mass is 35.5. The average Bonchev–Trinajstić information content (AvgIpc) is 3.30. The van der Waals surface area contributed by atoms with Crippen molar-refractivity contribution in [2.75, 3.05) is 0 Å². The molecule has 1 fully saturated rings. The van der Waals surface area contributed by atoms with E-state index in [1.54, 1.807) is 12.1 Å². The van der Waals surface area contributed by atoms with E-state index in [4.69, 9.17) is 16.0 Å². The van der Waals surface area contributed by atoms with Crippen LogP contribution in [0.2, 0.25) is 5.02 Å². The van der Waals surface area contributed by atoms with Crippen LogP contribution in [0.5, 0.6) is 0 Å². The van der Waals surface area contributed by atoms with Gasteiger partial charge in [-0.25, -0.2) is 9.37 Å². The Morgan fingerprint density at radius 2 is 1.96 bits per heavy atom. The average molecular weight is 331 g/mol. The lowest BCUT2D eigenvalue weighted by Crippen LogP contribution is -2.26. The molecule has 0 atom stereocenters. The molecule has 3 aromatic rings. The molecule has 2 aromatic carbocycles. The maximum Gasteiger partial charge on any atom is 0.209 e. The third-order valence-corrected chi connectivity index (χ3v) is 4.52. The number of hydrogen-bond donors (Lipinski definition) is 0. The van der Waals surface area contributed by atoms with E-state index < -0.39 is 0 Å². The maximum atomic E-state index is 14.1. The van der Waals surface area contributed by atoms with Crippen molar-refractivity contribution in [1.29, 1.82) is 0 Å². The molecule has 0 radical (unpaired) electrons. The van der Waals surface area contributed by atoms with Crippen LogP contribution in [-0.2, 0) is 13.1 Å². The number of fused-ring (bicyclic) bond motifs is 1. The van der Waals surface area contributed by atoms with Gasteiger partial charge in [-0.1, -0.05) is 29.8 Å². The molecule has 1 heterocycles. The second-order valence-corrected chi connectivity index (χ2v) is 6.32. The second-order valence-electron chi connectivity index (χ2n) is 5.91. The van der Waals surface area contributed by atoms with E-state index in [1.165, 1.54) is 6.07 Å². The minimum Gasteiger partial charge on any atom is -0.439 e. The van der Waals surface area contributed by atoms with Crippen LogP contribution in [-0.4, -0.2) is 15.9 Å². The lowest BCUT2D eigenvalue weighted by molar-refractivity contribution is 0.220. The summed E-state index contributed by atoms with van der Waals surface area (Å²) in [6.07, 6.45) is 2.23. The Labute approximate surface area is 138 Å². The molecule has 1 aliphatic rings. The number of benzene rings is 2. The number of nitrogens with zero attached hydrogens (tertiary/aromatic N) is 2. The largest absolute Gasteiger partial charge is 0.439 e. The highest BCUT2D eigenvalue weighted by Gasteiger charge is 2.31. The van der Waals surface area contributed by atoms with Gasteiger partial charge < -0.3 is 4.42 Å². The molecule has 0 unspecified atom stereocenters. The summed E-state index contributed by atoms with van der Waals surface area (Å²) in [5, 5.41) is 0.466.